The Morgan fingerprint density at radius 2 is 2.50 bits per heavy atom. The minimum atomic E-state index is 0.112. The molecule has 6 heteroatoms. The molecule has 2 aromatic heterocycles. The molecule has 2 aromatic rings. The fourth-order valence-corrected chi connectivity index (χ4v) is 2.26. The molecule has 0 aliphatic heterocycles. The molecule has 0 radical (unpaired) electrons. The van der Waals surface area contributed by atoms with Gasteiger partial charge < -0.3 is 0 Å². The number of hydrazine groups is 1. The highest BCUT2D eigenvalue weighted by Crippen LogP contribution is 2.17. The van der Waals surface area contributed by atoms with E-state index in [1.165, 1.54) is 5.69 Å². The molecule has 0 amide bonds. The average molecular weight is 237 g/mol. The Balaban J connectivity index is 1.96. The summed E-state index contributed by atoms with van der Waals surface area (Å²) in [5.41, 5.74) is 6.84. The summed E-state index contributed by atoms with van der Waals surface area (Å²) < 4.78 is 1.88. The zero-order valence-corrected chi connectivity index (χ0v) is 9.94. The van der Waals surface area contributed by atoms with Crippen molar-refractivity contribution in [3.8, 4) is 0 Å². The lowest BCUT2D eigenvalue weighted by molar-refractivity contribution is 0.498. The lowest BCUT2D eigenvalue weighted by Gasteiger charge is -2.13. The van der Waals surface area contributed by atoms with Gasteiger partial charge in [0.25, 0.3) is 0 Å². The van der Waals surface area contributed by atoms with Crippen molar-refractivity contribution in [2.75, 3.05) is 0 Å². The van der Waals surface area contributed by atoms with Gasteiger partial charge in [-0.25, -0.2) is 4.98 Å². The highest BCUT2D eigenvalue weighted by molar-refractivity contribution is 7.07. The van der Waals surface area contributed by atoms with Crippen LogP contribution in [0.2, 0.25) is 0 Å². The Kier molecular flexibility index (Phi) is 3.66. The zero-order chi connectivity index (χ0) is 11.4. The maximum Gasteiger partial charge on any atom is 0.0795 e. The second kappa shape index (κ2) is 5.20. The molecule has 16 heavy (non-hydrogen) atoms. The van der Waals surface area contributed by atoms with E-state index in [9.17, 15) is 0 Å². The number of hydrogen-bond donors (Lipinski definition) is 2. The van der Waals surface area contributed by atoms with E-state index in [0.717, 1.165) is 18.5 Å². The topological polar surface area (TPSA) is 68.8 Å². The van der Waals surface area contributed by atoms with Crippen LogP contribution in [0.15, 0.2) is 23.2 Å². The molecular weight excluding hydrogens is 222 g/mol. The standard InChI is InChI=1S/C10H15N5S/c1-15-8(4-5-13-15)2-3-9(14-11)10-6-16-7-12-10/h4-7,9,14H,2-3,11H2,1H3. The van der Waals surface area contributed by atoms with Gasteiger partial charge in [0.1, 0.15) is 0 Å². The van der Waals surface area contributed by atoms with Crippen LogP contribution in [0.3, 0.4) is 0 Å². The van der Waals surface area contributed by atoms with Crippen LogP contribution in [-0.4, -0.2) is 14.8 Å². The summed E-state index contributed by atoms with van der Waals surface area (Å²) in [6.07, 6.45) is 3.66. The molecular formula is C10H15N5S. The van der Waals surface area contributed by atoms with Crippen molar-refractivity contribution in [3.63, 3.8) is 0 Å². The van der Waals surface area contributed by atoms with E-state index in [0.29, 0.717) is 0 Å². The van der Waals surface area contributed by atoms with Crippen LogP contribution < -0.4 is 11.3 Å². The highest BCUT2D eigenvalue weighted by Gasteiger charge is 2.12. The lowest BCUT2D eigenvalue weighted by atomic mass is 10.1. The molecule has 3 N–H and O–H groups in total. The first-order chi connectivity index (χ1) is 7.81. The average Bonchev–Trinajstić information content (AvgIpc) is 2.92. The van der Waals surface area contributed by atoms with Crippen molar-refractivity contribution in [1.82, 2.24) is 20.2 Å². The number of hydrogen-bond acceptors (Lipinski definition) is 5. The van der Waals surface area contributed by atoms with Crippen LogP contribution in [0.25, 0.3) is 0 Å². The van der Waals surface area contributed by atoms with Crippen LogP contribution in [0.5, 0.6) is 0 Å². The number of aromatic nitrogens is 3. The quantitative estimate of drug-likeness (QED) is 0.601. The summed E-state index contributed by atoms with van der Waals surface area (Å²) in [5.74, 6) is 5.53. The van der Waals surface area contributed by atoms with E-state index >= 15 is 0 Å². The molecule has 86 valence electrons. The summed E-state index contributed by atoms with van der Waals surface area (Å²) in [6, 6.07) is 2.13. The van der Waals surface area contributed by atoms with Gasteiger partial charge in [-0.3, -0.25) is 16.0 Å². The van der Waals surface area contributed by atoms with E-state index in [1.54, 1.807) is 11.3 Å². The minimum Gasteiger partial charge on any atom is -0.273 e. The molecule has 5 nitrogen and oxygen atoms in total. The predicted octanol–water partition coefficient (Wildman–Crippen LogP) is 1.01. The third kappa shape index (κ3) is 2.46. The molecule has 0 aromatic carbocycles. The van der Waals surface area contributed by atoms with Gasteiger partial charge >= 0.3 is 0 Å². The molecule has 0 saturated heterocycles. The van der Waals surface area contributed by atoms with E-state index < -0.39 is 0 Å². The fraction of sp³-hybridized carbons (Fsp3) is 0.400. The van der Waals surface area contributed by atoms with Crippen molar-refractivity contribution < 1.29 is 0 Å². The smallest absolute Gasteiger partial charge is 0.0795 e. The van der Waals surface area contributed by atoms with Crippen molar-refractivity contribution in [2.24, 2.45) is 12.9 Å². The normalized spacial score (nSPS) is 12.9. The number of nitrogens with zero attached hydrogens (tertiary/aromatic N) is 3. The van der Waals surface area contributed by atoms with Gasteiger partial charge in [-0.05, 0) is 18.9 Å². The molecule has 0 fully saturated rings. The van der Waals surface area contributed by atoms with Gasteiger partial charge in [-0.15, -0.1) is 11.3 Å². The maximum atomic E-state index is 5.53. The number of nitrogens with two attached hydrogens (primary N) is 1. The Hall–Kier alpha value is -1.24. The van der Waals surface area contributed by atoms with Crippen LogP contribution in [-0.2, 0) is 13.5 Å². The summed E-state index contributed by atoms with van der Waals surface area (Å²) in [4.78, 5) is 4.26. The molecule has 0 saturated carbocycles. The molecule has 1 unspecified atom stereocenters. The second-order valence-corrected chi connectivity index (χ2v) is 4.34. The summed E-state index contributed by atoms with van der Waals surface area (Å²) in [7, 11) is 1.95. The largest absolute Gasteiger partial charge is 0.273 e. The Labute approximate surface area is 98.3 Å². The molecule has 0 aliphatic rings. The molecule has 2 rings (SSSR count). The van der Waals surface area contributed by atoms with Crippen molar-refractivity contribution >= 4 is 11.3 Å². The van der Waals surface area contributed by atoms with Gasteiger partial charge in [0, 0.05) is 24.3 Å². The summed E-state index contributed by atoms with van der Waals surface area (Å²) >= 11 is 1.59. The fourth-order valence-electron chi connectivity index (χ4n) is 1.65. The Bertz CT molecular complexity index is 422. The van der Waals surface area contributed by atoms with Crippen LogP contribution in [0.1, 0.15) is 23.9 Å². The monoisotopic (exact) mass is 237 g/mol. The van der Waals surface area contributed by atoms with Gasteiger partial charge in [-0.1, -0.05) is 0 Å². The first-order valence-corrected chi connectivity index (χ1v) is 6.06. The Morgan fingerprint density at radius 3 is 3.06 bits per heavy atom. The third-order valence-electron chi connectivity index (χ3n) is 2.62. The zero-order valence-electron chi connectivity index (χ0n) is 9.13. The molecule has 0 bridgehead atoms. The van der Waals surface area contributed by atoms with Crippen molar-refractivity contribution in [1.29, 1.82) is 0 Å². The first-order valence-electron chi connectivity index (χ1n) is 5.12. The predicted molar refractivity (Wildman–Crippen MR) is 63.7 cm³/mol. The van der Waals surface area contributed by atoms with Gasteiger partial charge in [0.05, 0.1) is 17.2 Å². The van der Waals surface area contributed by atoms with E-state index in [4.69, 9.17) is 5.84 Å². The minimum absolute atomic E-state index is 0.112. The van der Waals surface area contributed by atoms with Gasteiger partial charge in [-0.2, -0.15) is 5.10 Å². The SMILES string of the molecule is Cn1nccc1CCC(NN)c1cscn1. The van der Waals surface area contributed by atoms with Crippen LogP contribution >= 0.6 is 11.3 Å². The van der Waals surface area contributed by atoms with E-state index in [2.05, 4.69) is 15.5 Å². The summed E-state index contributed by atoms with van der Waals surface area (Å²) in [6.45, 7) is 0. The first kappa shape index (κ1) is 11.3. The van der Waals surface area contributed by atoms with Gasteiger partial charge in [0.15, 0.2) is 0 Å². The molecule has 1 atom stereocenters. The third-order valence-corrected chi connectivity index (χ3v) is 3.23. The van der Waals surface area contributed by atoms with Gasteiger partial charge in [0.2, 0.25) is 0 Å². The number of aryl methyl sites for hydroxylation is 2. The maximum absolute atomic E-state index is 5.53. The van der Waals surface area contributed by atoms with Crippen LogP contribution in [0.4, 0.5) is 0 Å². The molecule has 0 spiro atoms. The lowest BCUT2D eigenvalue weighted by Crippen LogP contribution is -2.28. The second-order valence-electron chi connectivity index (χ2n) is 3.62. The van der Waals surface area contributed by atoms with E-state index in [-0.39, 0.29) is 6.04 Å². The molecule has 2 heterocycles. The van der Waals surface area contributed by atoms with Crippen molar-refractivity contribution in [2.45, 2.75) is 18.9 Å². The number of nitrogens with one attached hydrogen (secondary N) is 1. The highest BCUT2D eigenvalue weighted by atomic mass is 32.1. The number of rotatable bonds is 5. The van der Waals surface area contributed by atoms with E-state index in [1.807, 2.05) is 34.9 Å². The molecule has 0 aliphatic carbocycles. The number of thiazole rings is 1. The van der Waals surface area contributed by atoms with Crippen LogP contribution in [0, 0.1) is 0 Å². The Morgan fingerprint density at radius 1 is 1.62 bits per heavy atom. The summed E-state index contributed by atoms with van der Waals surface area (Å²) in [5, 5.41) is 6.16. The van der Waals surface area contributed by atoms with Crippen molar-refractivity contribution in [3.05, 3.63) is 34.5 Å².